The van der Waals surface area contributed by atoms with E-state index in [1.807, 2.05) is 0 Å². The highest BCUT2D eigenvalue weighted by atomic mass is 19.2. The van der Waals surface area contributed by atoms with E-state index < -0.39 is 54.2 Å². The fraction of sp³-hybridized carbons (Fsp3) is 0.529. The molecule has 3 N–H and O–H groups in total. The van der Waals surface area contributed by atoms with Gasteiger partial charge in [-0.1, -0.05) is 5.21 Å². The topological polar surface area (TPSA) is 110 Å². The van der Waals surface area contributed by atoms with Crippen LogP contribution in [0.5, 0.6) is 0 Å². The van der Waals surface area contributed by atoms with Crippen LogP contribution in [0.25, 0.3) is 11.3 Å². The summed E-state index contributed by atoms with van der Waals surface area (Å²) >= 11 is 0. The zero-order valence-electron chi connectivity index (χ0n) is 14.5. The second kappa shape index (κ2) is 7.08. The summed E-state index contributed by atoms with van der Waals surface area (Å²) in [5.74, 6) is -5.77. The summed E-state index contributed by atoms with van der Waals surface area (Å²) in [5, 5.41) is 38.5. The summed E-state index contributed by atoms with van der Waals surface area (Å²) in [6, 6.07) is 0.434. The van der Waals surface area contributed by atoms with Crippen LogP contribution < -0.4 is 0 Å². The number of aliphatic hydroxyl groups excluding tert-OH is 3. The van der Waals surface area contributed by atoms with Crippen molar-refractivity contribution in [2.75, 3.05) is 13.2 Å². The van der Waals surface area contributed by atoms with Gasteiger partial charge in [0.15, 0.2) is 23.2 Å². The first-order valence-corrected chi connectivity index (χ1v) is 8.72. The van der Waals surface area contributed by atoms with Gasteiger partial charge in [0.05, 0.1) is 19.4 Å². The highest BCUT2D eigenvalue weighted by Crippen LogP contribution is 2.42. The Balaban J connectivity index is 1.70. The van der Waals surface area contributed by atoms with Crippen molar-refractivity contribution in [1.29, 1.82) is 0 Å². The molecule has 2 aromatic rings. The summed E-state index contributed by atoms with van der Waals surface area (Å²) in [6.07, 6.45) is -1.51. The van der Waals surface area contributed by atoms with E-state index in [0.717, 1.165) is 16.8 Å². The van der Waals surface area contributed by atoms with Crippen molar-refractivity contribution in [3.63, 3.8) is 0 Å². The standard InChI is InChI=1S/C17H18F3N3O5/c18-9-4-8(5-10(19)13(9)20)11-6-23(22-21-11)14-15(25)12(7-24)28-17(16(14)26)2-1-3-27-17/h4-6,12,14-16,24-26H,1-3,7H2/t12-,14+,15+,16+,17+/m1/s1. The Morgan fingerprint density at radius 3 is 2.54 bits per heavy atom. The first-order chi connectivity index (χ1) is 13.4. The van der Waals surface area contributed by atoms with Crippen molar-refractivity contribution >= 4 is 0 Å². The van der Waals surface area contributed by atoms with E-state index in [9.17, 15) is 28.5 Å². The molecule has 0 unspecified atom stereocenters. The normalized spacial score (nSPS) is 32.9. The van der Waals surface area contributed by atoms with E-state index in [1.54, 1.807) is 0 Å². The molecule has 28 heavy (non-hydrogen) atoms. The van der Waals surface area contributed by atoms with Gasteiger partial charge in [-0.25, -0.2) is 17.9 Å². The SMILES string of the molecule is OC[C@H]1O[C@@]2(CCCO2)[C@@H](O)[C@@H](n2cc(-c3cc(F)c(F)c(F)c3)nn2)[C@H]1O. The smallest absolute Gasteiger partial charge is 0.197 e. The molecule has 3 heterocycles. The van der Waals surface area contributed by atoms with Crippen LogP contribution in [0.1, 0.15) is 18.9 Å². The summed E-state index contributed by atoms with van der Waals surface area (Å²) in [4.78, 5) is 0. The lowest BCUT2D eigenvalue weighted by atomic mass is 9.89. The van der Waals surface area contributed by atoms with Gasteiger partial charge in [0.2, 0.25) is 0 Å². The molecule has 2 fully saturated rings. The van der Waals surface area contributed by atoms with Crippen molar-refractivity contribution in [3.8, 4) is 11.3 Å². The quantitative estimate of drug-likeness (QED) is 0.644. The Morgan fingerprint density at radius 2 is 1.93 bits per heavy atom. The molecule has 1 aromatic carbocycles. The molecule has 0 bridgehead atoms. The molecule has 152 valence electrons. The molecular weight excluding hydrogens is 383 g/mol. The number of halogens is 3. The van der Waals surface area contributed by atoms with Crippen molar-refractivity contribution in [2.24, 2.45) is 0 Å². The van der Waals surface area contributed by atoms with Crippen molar-refractivity contribution in [1.82, 2.24) is 15.0 Å². The number of aliphatic hydroxyl groups is 3. The molecule has 1 aromatic heterocycles. The van der Waals surface area contributed by atoms with Crippen LogP contribution in [0, 0.1) is 17.5 Å². The number of hydrogen-bond donors (Lipinski definition) is 3. The molecule has 11 heteroatoms. The highest BCUT2D eigenvalue weighted by Gasteiger charge is 2.57. The van der Waals surface area contributed by atoms with E-state index in [-0.39, 0.29) is 11.3 Å². The first-order valence-electron chi connectivity index (χ1n) is 8.72. The summed E-state index contributed by atoms with van der Waals surface area (Å²) in [7, 11) is 0. The number of nitrogens with zero attached hydrogens (tertiary/aromatic N) is 3. The van der Waals surface area contributed by atoms with Crippen LogP contribution in [-0.2, 0) is 9.47 Å². The second-order valence-electron chi connectivity index (χ2n) is 6.87. The van der Waals surface area contributed by atoms with Crippen molar-refractivity contribution < 1.29 is 38.0 Å². The number of hydrogen-bond acceptors (Lipinski definition) is 7. The van der Waals surface area contributed by atoms with Crippen LogP contribution >= 0.6 is 0 Å². The van der Waals surface area contributed by atoms with Gasteiger partial charge in [-0.15, -0.1) is 5.10 Å². The number of ether oxygens (including phenoxy) is 2. The van der Waals surface area contributed by atoms with Crippen LogP contribution in [0.2, 0.25) is 0 Å². The molecule has 1 spiro atoms. The minimum Gasteiger partial charge on any atom is -0.394 e. The maximum Gasteiger partial charge on any atom is 0.197 e. The predicted molar refractivity (Wildman–Crippen MR) is 86.3 cm³/mol. The average Bonchev–Trinajstić information content (AvgIpc) is 3.33. The lowest BCUT2D eigenvalue weighted by molar-refractivity contribution is -0.339. The van der Waals surface area contributed by atoms with E-state index in [1.165, 1.54) is 6.20 Å². The third-order valence-electron chi connectivity index (χ3n) is 5.15. The molecule has 0 amide bonds. The molecule has 2 aliphatic heterocycles. The van der Waals surface area contributed by atoms with Crippen molar-refractivity contribution in [2.45, 2.75) is 43.0 Å². The number of aromatic nitrogens is 3. The minimum atomic E-state index is -1.60. The average molecular weight is 401 g/mol. The minimum absolute atomic E-state index is 0.00521. The lowest BCUT2D eigenvalue weighted by Gasteiger charge is -2.47. The summed E-state index contributed by atoms with van der Waals surface area (Å²) in [6.45, 7) is -0.180. The Hall–Kier alpha value is -2.05. The maximum atomic E-state index is 13.5. The molecule has 4 rings (SSSR count). The van der Waals surface area contributed by atoms with Gasteiger partial charge in [-0.2, -0.15) is 0 Å². The van der Waals surface area contributed by atoms with Gasteiger partial charge in [0.1, 0.15) is 30.0 Å². The van der Waals surface area contributed by atoms with Crippen LogP contribution in [0.15, 0.2) is 18.3 Å². The lowest BCUT2D eigenvalue weighted by Crippen LogP contribution is -2.62. The largest absolute Gasteiger partial charge is 0.394 e. The fourth-order valence-electron chi connectivity index (χ4n) is 3.73. The highest BCUT2D eigenvalue weighted by molar-refractivity contribution is 5.57. The third-order valence-corrected chi connectivity index (χ3v) is 5.15. The monoisotopic (exact) mass is 401 g/mol. The Labute approximate surface area is 157 Å². The van der Waals surface area contributed by atoms with E-state index in [2.05, 4.69) is 10.3 Å². The summed E-state index contributed by atoms with van der Waals surface area (Å²) < 4.78 is 52.5. The zero-order chi connectivity index (χ0) is 20.1. The molecule has 8 nitrogen and oxygen atoms in total. The summed E-state index contributed by atoms with van der Waals surface area (Å²) in [5.41, 5.74) is -0.0603. The van der Waals surface area contributed by atoms with E-state index in [4.69, 9.17) is 9.47 Å². The van der Waals surface area contributed by atoms with Gasteiger partial charge in [-0.3, -0.25) is 0 Å². The Bertz CT molecular complexity index is 850. The maximum absolute atomic E-state index is 13.5. The fourth-order valence-corrected chi connectivity index (χ4v) is 3.73. The van der Waals surface area contributed by atoms with E-state index in [0.29, 0.717) is 19.4 Å². The Kier molecular flexibility index (Phi) is 4.88. The molecule has 2 saturated heterocycles. The van der Waals surface area contributed by atoms with Crippen molar-refractivity contribution in [3.05, 3.63) is 35.8 Å². The van der Waals surface area contributed by atoms with E-state index >= 15 is 0 Å². The van der Waals surface area contributed by atoms with Gasteiger partial charge < -0.3 is 24.8 Å². The predicted octanol–water partition coefficient (Wildman–Crippen LogP) is 0.523. The molecular formula is C17H18F3N3O5. The third kappa shape index (κ3) is 2.99. The number of rotatable bonds is 3. The first kappa shape index (κ1) is 19.3. The molecule has 0 saturated carbocycles. The second-order valence-corrected chi connectivity index (χ2v) is 6.87. The molecule has 2 aliphatic rings. The van der Waals surface area contributed by atoms with Gasteiger partial charge >= 0.3 is 0 Å². The molecule has 5 atom stereocenters. The van der Waals surface area contributed by atoms with Crippen LogP contribution in [0.4, 0.5) is 13.2 Å². The van der Waals surface area contributed by atoms with Crippen LogP contribution in [-0.4, -0.2) is 67.6 Å². The Morgan fingerprint density at radius 1 is 1.21 bits per heavy atom. The zero-order valence-corrected chi connectivity index (χ0v) is 14.5. The number of benzene rings is 1. The van der Waals surface area contributed by atoms with Gasteiger partial charge in [-0.05, 0) is 18.6 Å². The molecule has 0 radical (unpaired) electrons. The molecule has 0 aliphatic carbocycles. The van der Waals surface area contributed by atoms with Gasteiger partial charge in [0, 0.05) is 12.0 Å². The van der Waals surface area contributed by atoms with Crippen LogP contribution in [0.3, 0.4) is 0 Å². The van der Waals surface area contributed by atoms with Gasteiger partial charge in [0.25, 0.3) is 0 Å².